The van der Waals surface area contributed by atoms with Crippen LogP contribution in [0.1, 0.15) is 13.8 Å². The fraction of sp³-hybridized carbons (Fsp3) is 0.333. The lowest BCUT2D eigenvalue weighted by atomic mass is 10.1. The predicted octanol–water partition coefficient (Wildman–Crippen LogP) is 3.68. The molecule has 116 valence electrons. The van der Waals surface area contributed by atoms with E-state index in [4.69, 9.17) is 16.3 Å². The molecule has 1 aliphatic heterocycles. The summed E-state index contributed by atoms with van der Waals surface area (Å²) >= 11 is 5.76. The standard InChI is InChI=1S/C15H14ClF2N3O/c1-8(2)21-3-4-22-14-10(17)5-9(6-11(14)21)13-15(18)19-7-12(16)20-13/h5-8H,3-4H2,1-2H3. The zero-order valence-electron chi connectivity index (χ0n) is 12.1. The van der Waals surface area contributed by atoms with Gasteiger partial charge >= 0.3 is 0 Å². The van der Waals surface area contributed by atoms with Gasteiger partial charge in [-0.2, -0.15) is 4.39 Å². The van der Waals surface area contributed by atoms with Gasteiger partial charge in [0.15, 0.2) is 11.6 Å². The van der Waals surface area contributed by atoms with Crippen molar-refractivity contribution in [1.82, 2.24) is 9.97 Å². The highest BCUT2D eigenvalue weighted by Gasteiger charge is 2.25. The average molecular weight is 326 g/mol. The second-order valence-electron chi connectivity index (χ2n) is 5.27. The first kappa shape index (κ1) is 15.0. The Morgan fingerprint density at radius 2 is 2.09 bits per heavy atom. The number of benzene rings is 1. The molecule has 0 saturated carbocycles. The van der Waals surface area contributed by atoms with E-state index in [1.54, 1.807) is 6.07 Å². The van der Waals surface area contributed by atoms with Gasteiger partial charge in [0.05, 0.1) is 18.4 Å². The first-order valence-corrected chi connectivity index (χ1v) is 7.26. The van der Waals surface area contributed by atoms with E-state index in [1.165, 1.54) is 6.07 Å². The number of rotatable bonds is 2. The smallest absolute Gasteiger partial charge is 0.239 e. The molecule has 22 heavy (non-hydrogen) atoms. The number of anilines is 1. The van der Waals surface area contributed by atoms with Crippen molar-refractivity contribution < 1.29 is 13.5 Å². The lowest BCUT2D eigenvalue weighted by molar-refractivity contribution is 0.287. The van der Waals surface area contributed by atoms with E-state index < -0.39 is 11.8 Å². The monoisotopic (exact) mass is 325 g/mol. The average Bonchev–Trinajstić information content (AvgIpc) is 2.49. The van der Waals surface area contributed by atoms with Crippen molar-refractivity contribution in [2.75, 3.05) is 18.1 Å². The molecule has 7 heteroatoms. The van der Waals surface area contributed by atoms with Crippen LogP contribution in [-0.4, -0.2) is 29.2 Å². The van der Waals surface area contributed by atoms with Crippen molar-refractivity contribution in [3.05, 3.63) is 35.2 Å². The second-order valence-corrected chi connectivity index (χ2v) is 5.66. The van der Waals surface area contributed by atoms with E-state index in [0.29, 0.717) is 18.8 Å². The number of aromatic nitrogens is 2. The molecule has 0 N–H and O–H groups in total. The third-order valence-electron chi connectivity index (χ3n) is 3.51. The molecule has 2 aromatic rings. The minimum Gasteiger partial charge on any atom is -0.486 e. The normalized spacial score (nSPS) is 14.0. The number of ether oxygens (including phenoxy) is 1. The molecular formula is C15H14ClF2N3O. The van der Waals surface area contributed by atoms with Crippen LogP contribution in [0, 0.1) is 11.8 Å². The number of hydrogen-bond donors (Lipinski definition) is 0. The molecule has 0 saturated heterocycles. The van der Waals surface area contributed by atoms with E-state index in [2.05, 4.69) is 9.97 Å². The lowest BCUT2D eigenvalue weighted by Crippen LogP contribution is -2.38. The molecule has 0 radical (unpaired) electrons. The molecule has 0 amide bonds. The zero-order chi connectivity index (χ0) is 15.9. The molecule has 2 heterocycles. The van der Waals surface area contributed by atoms with Crippen LogP contribution in [0.3, 0.4) is 0 Å². The molecule has 1 aromatic heterocycles. The quantitative estimate of drug-likeness (QED) is 0.844. The van der Waals surface area contributed by atoms with E-state index in [9.17, 15) is 8.78 Å². The predicted molar refractivity (Wildman–Crippen MR) is 80.4 cm³/mol. The van der Waals surface area contributed by atoms with Gasteiger partial charge in [-0.25, -0.2) is 14.4 Å². The Labute approximate surface area is 131 Å². The summed E-state index contributed by atoms with van der Waals surface area (Å²) in [6.45, 7) is 5.04. The maximum Gasteiger partial charge on any atom is 0.239 e. The maximum absolute atomic E-state index is 14.3. The summed E-state index contributed by atoms with van der Waals surface area (Å²) in [6.07, 6.45) is 1.11. The third kappa shape index (κ3) is 2.59. The highest BCUT2D eigenvalue weighted by molar-refractivity contribution is 6.29. The van der Waals surface area contributed by atoms with Crippen molar-refractivity contribution in [3.63, 3.8) is 0 Å². The Kier molecular flexibility index (Phi) is 3.87. The molecule has 0 unspecified atom stereocenters. The van der Waals surface area contributed by atoms with Gasteiger partial charge < -0.3 is 9.64 Å². The Bertz CT molecular complexity index is 724. The van der Waals surface area contributed by atoms with Gasteiger partial charge in [-0.15, -0.1) is 0 Å². The molecule has 0 bridgehead atoms. The summed E-state index contributed by atoms with van der Waals surface area (Å²) in [4.78, 5) is 9.43. The second kappa shape index (κ2) is 5.68. The summed E-state index contributed by atoms with van der Waals surface area (Å²) in [7, 11) is 0. The lowest BCUT2D eigenvalue weighted by Gasteiger charge is -2.34. The van der Waals surface area contributed by atoms with E-state index >= 15 is 0 Å². The van der Waals surface area contributed by atoms with Gasteiger partial charge in [-0.05, 0) is 26.0 Å². The molecule has 4 nitrogen and oxygen atoms in total. The van der Waals surface area contributed by atoms with Crippen LogP contribution >= 0.6 is 11.6 Å². The number of hydrogen-bond acceptors (Lipinski definition) is 4. The van der Waals surface area contributed by atoms with Crippen molar-refractivity contribution in [2.24, 2.45) is 0 Å². The molecule has 0 spiro atoms. The van der Waals surface area contributed by atoms with Crippen LogP contribution in [0.4, 0.5) is 14.5 Å². The molecule has 1 aliphatic rings. The molecule has 0 aliphatic carbocycles. The Morgan fingerprint density at radius 3 is 2.82 bits per heavy atom. The van der Waals surface area contributed by atoms with Gasteiger partial charge in [0.2, 0.25) is 5.95 Å². The van der Waals surface area contributed by atoms with Crippen molar-refractivity contribution >= 4 is 17.3 Å². The molecule has 1 aromatic carbocycles. The van der Waals surface area contributed by atoms with Gasteiger partial charge in [0.25, 0.3) is 0 Å². The highest BCUT2D eigenvalue weighted by Crippen LogP contribution is 2.39. The molecule has 0 fully saturated rings. The molecule has 3 rings (SSSR count). The van der Waals surface area contributed by atoms with Crippen molar-refractivity contribution in [2.45, 2.75) is 19.9 Å². The number of fused-ring (bicyclic) bond motifs is 1. The minimum absolute atomic E-state index is 0.0477. The van der Waals surface area contributed by atoms with Crippen LogP contribution < -0.4 is 9.64 Å². The van der Waals surface area contributed by atoms with Crippen molar-refractivity contribution in [3.8, 4) is 17.0 Å². The Hall–Kier alpha value is -1.95. The topological polar surface area (TPSA) is 38.2 Å². The van der Waals surface area contributed by atoms with Gasteiger partial charge in [0, 0.05) is 11.6 Å². The number of nitrogens with zero attached hydrogens (tertiary/aromatic N) is 3. The fourth-order valence-corrected chi connectivity index (χ4v) is 2.64. The van der Waals surface area contributed by atoms with Crippen LogP contribution in [0.2, 0.25) is 5.15 Å². The third-order valence-corrected chi connectivity index (χ3v) is 3.69. The minimum atomic E-state index is -0.795. The maximum atomic E-state index is 14.3. The van der Waals surface area contributed by atoms with Gasteiger partial charge in [-0.3, -0.25) is 0 Å². The van der Waals surface area contributed by atoms with Gasteiger partial charge in [-0.1, -0.05) is 11.6 Å². The zero-order valence-corrected chi connectivity index (χ0v) is 12.9. The van der Waals surface area contributed by atoms with Gasteiger partial charge in [0.1, 0.15) is 17.5 Å². The fourth-order valence-electron chi connectivity index (χ4n) is 2.51. The summed E-state index contributed by atoms with van der Waals surface area (Å²) < 4.78 is 33.6. The van der Waals surface area contributed by atoms with Crippen molar-refractivity contribution in [1.29, 1.82) is 0 Å². The summed E-state index contributed by atoms with van der Waals surface area (Å²) in [5.41, 5.74) is 0.779. The van der Waals surface area contributed by atoms with E-state index in [-0.39, 0.29) is 28.2 Å². The first-order chi connectivity index (χ1) is 10.5. The summed E-state index contributed by atoms with van der Waals surface area (Å²) in [6, 6.07) is 3.00. The summed E-state index contributed by atoms with van der Waals surface area (Å²) in [5, 5.41) is 0.0477. The highest BCUT2D eigenvalue weighted by atomic mass is 35.5. The first-order valence-electron chi connectivity index (χ1n) is 6.88. The van der Waals surface area contributed by atoms with E-state index in [0.717, 1.165) is 6.20 Å². The number of halogens is 3. The summed E-state index contributed by atoms with van der Waals surface area (Å²) in [5.74, 6) is -1.17. The molecule has 0 atom stereocenters. The van der Waals surface area contributed by atoms with E-state index in [1.807, 2.05) is 18.7 Å². The Balaban J connectivity index is 2.17. The van der Waals surface area contributed by atoms with Crippen LogP contribution in [-0.2, 0) is 0 Å². The SMILES string of the molecule is CC(C)N1CCOc2c(F)cc(-c3nc(Cl)cnc3F)cc21. The molecular weight excluding hydrogens is 312 g/mol. The van der Waals surface area contributed by atoms with Crippen LogP contribution in [0.5, 0.6) is 5.75 Å². The van der Waals surface area contributed by atoms with Crippen LogP contribution in [0.15, 0.2) is 18.3 Å². The van der Waals surface area contributed by atoms with Crippen LogP contribution in [0.25, 0.3) is 11.3 Å². The largest absolute Gasteiger partial charge is 0.486 e. The Morgan fingerprint density at radius 1 is 1.32 bits per heavy atom.